The number of esters is 1. The molecule has 6 rings (SSSR count). The zero-order chi connectivity index (χ0) is 23.6. The molecule has 34 heavy (non-hydrogen) atoms. The average molecular weight is 463 g/mol. The molecule has 3 aromatic rings. The summed E-state index contributed by atoms with van der Waals surface area (Å²) in [4.78, 5) is 13.4. The Morgan fingerprint density at radius 3 is 2.24 bits per heavy atom. The first-order chi connectivity index (χ1) is 16.3. The molecule has 0 saturated carbocycles. The van der Waals surface area contributed by atoms with Crippen molar-refractivity contribution in [1.82, 2.24) is 15.1 Å². The molecule has 0 amide bonds. The van der Waals surface area contributed by atoms with Gasteiger partial charge in [-0.3, -0.25) is 5.84 Å². The fraction of sp³-hybridized carbons (Fsp3) is 0.174. The molecule has 3 aromatic carbocycles. The lowest BCUT2D eigenvalue weighted by molar-refractivity contribution is -0.189. The number of ether oxygens (including phenoxy) is 2. The van der Waals surface area contributed by atoms with Gasteiger partial charge in [0.1, 0.15) is 23.0 Å². The number of carbonyl (C=O) groups is 1. The fourth-order valence-corrected chi connectivity index (χ4v) is 4.84. The van der Waals surface area contributed by atoms with Gasteiger partial charge in [-0.25, -0.2) is 9.80 Å². The molecule has 1 fully saturated rings. The number of hydrogen-bond acceptors (Lipinski definition) is 11. The van der Waals surface area contributed by atoms with Crippen LogP contribution in [-0.4, -0.2) is 56.5 Å². The maximum atomic E-state index is 13.4. The third-order valence-electron chi connectivity index (χ3n) is 6.11. The maximum absolute atomic E-state index is 13.4. The van der Waals surface area contributed by atoms with E-state index in [0.29, 0.717) is 46.1 Å². The number of hydrogen-bond donors (Lipinski definition) is 5. The number of nitrogens with two attached hydrogens (primary N) is 1. The zero-order valence-corrected chi connectivity index (χ0v) is 17.8. The van der Waals surface area contributed by atoms with E-state index in [1.54, 1.807) is 35.3 Å². The van der Waals surface area contributed by atoms with Gasteiger partial charge in [0.25, 0.3) is 0 Å². The molecule has 1 saturated heterocycles. The van der Waals surface area contributed by atoms with Gasteiger partial charge in [0, 0.05) is 28.8 Å². The largest absolute Gasteiger partial charge is 0.508 e. The molecule has 0 aliphatic carbocycles. The van der Waals surface area contributed by atoms with E-state index in [9.17, 15) is 20.2 Å². The second-order valence-corrected chi connectivity index (χ2v) is 8.43. The second-order valence-electron chi connectivity index (χ2n) is 8.43. The highest BCUT2D eigenvalue weighted by Crippen LogP contribution is 2.57. The minimum Gasteiger partial charge on any atom is -0.508 e. The van der Waals surface area contributed by atoms with Crippen molar-refractivity contribution in [1.29, 1.82) is 0 Å². The van der Waals surface area contributed by atoms with E-state index in [0.717, 1.165) is 5.06 Å². The van der Waals surface area contributed by atoms with Gasteiger partial charge in [-0.15, -0.1) is 0 Å². The SMILES string of the molecule is NN1CN(O)CN(Nc2cccc3c2C(=O)OC32c3ccc(O)cc3Oc3cc(O)ccc32)C1. The summed E-state index contributed by atoms with van der Waals surface area (Å²) in [6, 6.07) is 14.5. The number of hydrazine groups is 2. The highest BCUT2D eigenvalue weighted by atomic mass is 16.6. The summed E-state index contributed by atoms with van der Waals surface area (Å²) in [5.41, 5.74) is 4.27. The van der Waals surface area contributed by atoms with Crippen molar-refractivity contribution in [2.45, 2.75) is 5.60 Å². The normalized spacial score (nSPS) is 19.2. The molecule has 0 radical (unpaired) electrons. The average Bonchev–Trinajstić information content (AvgIpc) is 3.06. The fourth-order valence-electron chi connectivity index (χ4n) is 4.84. The van der Waals surface area contributed by atoms with Gasteiger partial charge >= 0.3 is 5.97 Å². The van der Waals surface area contributed by atoms with Crippen LogP contribution < -0.4 is 16.0 Å². The van der Waals surface area contributed by atoms with Crippen LogP contribution in [0.15, 0.2) is 54.6 Å². The third-order valence-corrected chi connectivity index (χ3v) is 6.11. The number of fused-ring (bicyclic) bond motifs is 6. The minimum atomic E-state index is -1.35. The van der Waals surface area contributed by atoms with Gasteiger partial charge in [-0.2, -0.15) is 10.1 Å². The first-order valence-corrected chi connectivity index (χ1v) is 10.5. The van der Waals surface area contributed by atoms with Crippen molar-refractivity contribution < 1.29 is 29.7 Å². The second kappa shape index (κ2) is 7.32. The summed E-state index contributed by atoms with van der Waals surface area (Å²) < 4.78 is 12.1. The van der Waals surface area contributed by atoms with E-state index in [4.69, 9.17) is 15.3 Å². The standard InChI is InChI=1S/C23H21N5O6/c24-26-10-27(12-28(32)11-26)25-18-3-1-2-17-21(18)22(31)34-23(17)15-6-4-13(29)8-19(15)33-20-9-14(30)5-7-16(20)23/h1-9,25,29-30,32H,10-12,24H2. The molecule has 3 aliphatic rings. The van der Waals surface area contributed by atoms with Crippen molar-refractivity contribution in [3.05, 3.63) is 76.9 Å². The molecule has 6 N–H and O–H groups in total. The highest BCUT2D eigenvalue weighted by molar-refractivity contribution is 6.02. The molecule has 1 spiro atoms. The van der Waals surface area contributed by atoms with Gasteiger partial charge in [0.05, 0.1) is 31.3 Å². The molecular formula is C23H21N5O6. The van der Waals surface area contributed by atoms with Crippen LogP contribution in [0.1, 0.15) is 27.0 Å². The van der Waals surface area contributed by atoms with Crippen molar-refractivity contribution in [2.24, 2.45) is 5.84 Å². The van der Waals surface area contributed by atoms with Crippen molar-refractivity contribution in [3.63, 3.8) is 0 Å². The lowest BCUT2D eigenvalue weighted by Gasteiger charge is -2.37. The van der Waals surface area contributed by atoms with Crippen LogP contribution in [0.5, 0.6) is 23.0 Å². The summed E-state index contributed by atoms with van der Waals surface area (Å²) in [5, 5.41) is 34.1. The van der Waals surface area contributed by atoms with Gasteiger partial charge in [-0.1, -0.05) is 12.1 Å². The third kappa shape index (κ3) is 3.00. The van der Waals surface area contributed by atoms with E-state index >= 15 is 0 Å². The van der Waals surface area contributed by atoms with Crippen LogP contribution in [-0.2, 0) is 10.3 Å². The van der Waals surface area contributed by atoms with E-state index < -0.39 is 11.6 Å². The van der Waals surface area contributed by atoms with Crippen LogP contribution in [0, 0.1) is 0 Å². The Kier molecular flexibility index (Phi) is 4.46. The predicted octanol–water partition coefficient (Wildman–Crippen LogP) is 2.05. The van der Waals surface area contributed by atoms with Crippen LogP contribution >= 0.6 is 0 Å². The van der Waals surface area contributed by atoms with E-state index in [1.807, 2.05) is 0 Å². The Bertz CT molecular complexity index is 1270. The van der Waals surface area contributed by atoms with Crippen molar-refractivity contribution in [3.8, 4) is 23.0 Å². The summed E-state index contributed by atoms with van der Waals surface area (Å²) in [7, 11) is 0. The number of aromatic hydroxyl groups is 2. The first-order valence-electron chi connectivity index (χ1n) is 10.5. The molecule has 174 valence electrons. The number of nitrogens with zero attached hydrogens (tertiary/aromatic N) is 3. The Morgan fingerprint density at radius 1 is 0.912 bits per heavy atom. The zero-order valence-electron chi connectivity index (χ0n) is 17.8. The van der Waals surface area contributed by atoms with Gasteiger partial charge in [-0.05, 0) is 30.3 Å². The maximum Gasteiger partial charge on any atom is 0.342 e. The number of phenolic OH excluding ortho intramolecular Hbond substituents is 2. The number of anilines is 1. The van der Waals surface area contributed by atoms with Crippen molar-refractivity contribution >= 4 is 11.7 Å². The minimum absolute atomic E-state index is 0.0116. The summed E-state index contributed by atoms with van der Waals surface area (Å²) in [6.07, 6.45) is 0. The van der Waals surface area contributed by atoms with Crippen LogP contribution in [0.4, 0.5) is 5.69 Å². The summed E-state index contributed by atoms with van der Waals surface area (Å²) >= 11 is 0. The topological polar surface area (TPSA) is 144 Å². The number of nitrogens with one attached hydrogen (secondary N) is 1. The Hall–Kier alpha value is -3.87. The summed E-state index contributed by atoms with van der Waals surface area (Å²) in [5.74, 6) is 5.89. The lowest BCUT2D eigenvalue weighted by atomic mass is 9.77. The van der Waals surface area contributed by atoms with Gasteiger partial charge in [0.15, 0.2) is 5.60 Å². The van der Waals surface area contributed by atoms with Crippen molar-refractivity contribution in [2.75, 3.05) is 25.4 Å². The van der Waals surface area contributed by atoms with Gasteiger partial charge in [0.2, 0.25) is 0 Å². The molecule has 0 aromatic heterocycles. The quantitative estimate of drug-likeness (QED) is 0.281. The molecule has 3 heterocycles. The highest BCUT2D eigenvalue weighted by Gasteiger charge is 2.54. The number of hydroxylamine groups is 2. The lowest BCUT2D eigenvalue weighted by Crippen LogP contribution is -2.57. The van der Waals surface area contributed by atoms with Gasteiger partial charge < -0.3 is 30.3 Å². The molecular weight excluding hydrogens is 442 g/mol. The number of rotatable bonds is 2. The molecule has 11 nitrogen and oxygen atoms in total. The number of phenols is 2. The smallest absolute Gasteiger partial charge is 0.342 e. The molecule has 0 unspecified atom stereocenters. The van der Waals surface area contributed by atoms with E-state index in [-0.39, 0.29) is 24.8 Å². The van der Waals surface area contributed by atoms with E-state index in [2.05, 4.69) is 5.43 Å². The Balaban J connectivity index is 1.53. The summed E-state index contributed by atoms with van der Waals surface area (Å²) in [6.45, 7) is 0.651. The first kappa shape index (κ1) is 20.7. The Labute approximate surface area is 193 Å². The molecule has 3 aliphatic heterocycles. The molecule has 0 atom stereocenters. The van der Waals surface area contributed by atoms with Crippen LogP contribution in [0.3, 0.4) is 0 Å². The Morgan fingerprint density at radius 2 is 1.59 bits per heavy atom. The monoisotopic (exact) mass is 463 g/mol. The molecule has 0 bridgehead atoms. The molecule has 11 heteroatoms. The number of benzene rings is 3. The van der Waals surface area contributed by atoms with Crippen LogP contribution in [0.2, 0.25) is 0 Å². The van der Waals surface area contributed by atoms with Crippen LogP contribution in [0.25, 0.3) is 0 Å². The van der Waals surface area contributed by atoms with E-state index in [1.165, 1.54) is 29.3 Å². The number of carbonyl (C=O) groups excluding carboxylic acids is 1. The predicted molar refractivity (Wildman–Crippen MR) is 118 cm³/mol.